The Balaban J connectivity index is 1.85. The van der Waals surface area contributed by atoms with Gasteiger partial charge in [-0.25, -0.2) is 4.39 Å². The Morgan fingerprint density at radius 3 is 2.82 bits per heavy atom. The molecule has 0 aliphatic carbocycles. The Labute approximate surface area is 100 Å². The van der Waals surface area contributed by atoms with Gasteiger partial charge in [0, 0.05) is 18.2 Å². The van der Waals surface area contributed by atoms with Crippen LogP contribution >= 0.6 is 0 Å². The second kappa shape index (κ2) is 5.64. The topological polar surface area (TPSA) is 25.2 Å². The van der Waals surface area contributed by atoms with Crippen LogP contribution < -0.4 is 5.32 Å². The molecule has 0 radical (unpaired) electrons. The highest BCUT2D eigenvalue weighted by Gasteiger charge is 2.07. The highest BCUT2D eigenvalue weighted by Crippen LogP contribution is 2.09. The molecule has 0 bridgehead atoms. The lowest BCUT2D eigenvalue weighted by Crippen LogP contribution is -2.27. The summed E-state index contributed by atoms with van der Waals surface area (Å²) in [5, 5.41) is 3.33. The van der Waals surface area contributed by atoms with Crippen molar-refractivity contribution in [2.45, 2.75) is 25.9 Å². The molecule has 0 saturated heterocycles. The first kappa shape index (κ1) is 11.9. The largest absolute Gasteiger partial charge is 0.472 e. The number of nitrogens with one attached hydrogen (secondary N) is 1. The molecule has 2 rings (SSSR count). The summed E-state index contributed by atoms with van der Waals surface area (Å²) in [5.41, 5.74) is 1.85. The minimum atomic E-state index is -0.135. The summed E-state index contributed by atoms with van der Waals surface area (Å²) in [7, 11) is 0. The molecule has 0 fully saturated rings. The fourth-order valence-corrected chi connectivity index (χ4v) is 1.75. The number of halogens is 1. The molecule has 2 nitrogen and oxygen atoms in total. The molecule has 90 valence electrons. The van der Waals surface area contributed by atoms with Crippen molar-refractivity contribution in [1.29, 1.82) is 0 Å². The van der Waals surface area contributed by atoms with E-state index in [-0.39, 0.29) is 11.9 Å². The van der Waals surface area contributed by atoms with Gasteiger partial charge in [0.25, 0.3) is 0 Å². The van der Waals surface area contributed by atoms with Gasteiger partial charge < -0.3 is 9.73 Å². The highest BCUT2D eigenvalue weighted by molar-refractivity contribution is 5.18. The van der Waals surface area contributed by atoms with Crippen LogP contribution in [0.25, 0.3) is 0 Å². The zero-order valence-corrected chi connectivity index (χ0v) is 9.82. The van der Waals surface area contributed by atoms with Gasteiger partial charge in [-0.15, -0.1) is 0 Å². The van der Waals surface area contributed by atoms with Gasteiger partial charge in [0.1, 0.15) is 5.82 Å². The van der Waals surface area contributed by atoms with Crippen molar-refractivity contribution >= 4 is 0 Å². The van der Waals surface area contributed by atoms with Crippen molar-refractivity contribution in [2.75, 3.05) is 0 Å². The SMILES string of the molecule is CC(Cc1ccccc1F)NCc1ccoc1. The minimum absolute atomic E-state index is 0.135. The summed E-state index contributed by atoms with van der Waals surface area (Å²) in [6.07, 6.45) is 4.05. The fourth-order valence-electron chi connectivity index (χ4n) is 1.75. The molecule has 0 amide bonds. The van der Waals surface area contributed by atoms with Gasteiger partial charge in [0.2, 0.25) is 0 Å². The molecule has 1 heterocycles. The molecule has 1 aromatic carbocycles. The Morgan fingerprint density at radius 1 is 1.29 bits per heavy atom. The number of rotatable bonds is 5. The number of benzene rings is 1. The third-order valence-corrected chi connectivity index (χ3v) is 2.72. The summed E-state index contributed by atoms with van der Waals surface area (Å²) in [6.45, 7) is 2.79. The lowest BCUT2D eigenvalue weighted by molar-refractivity contribution is 0.519. The van der Waals surface area contributed by atoms with Crippen LogP contribution in [0.2, 0.25) is 0 Å². The second-order valence-electron chi connectivity index (χ2n) is 4.21. The quantitative estimate of drug-likeness (QED) is 0.858. The first-order chi connectivity index (χ1) is 8.25. The summed E-state index contributed by atoms with van der Waals surface area (Å²) in [6, 6.07) is 9.04. The molecule has 1 N–H and O–H groups in total. The van der Waals surface area contributed by atoms with Crippen molar-refractivity contribution in [3.05, 3.63) is 59.8 Å². The van der Waals surface area contributed by atoms with Crippen LogP contribution in [0.4, 0.5) is 4.39 Å². The van der Waals surface area contributed by atoms with Gasteiger partial charge in [0.05, 0.1) is 12.5 Å². The molecule has 1 unspecified atom stereocenters. The summed E-state index contributed by atoms with van der Waals surface area (Å²) in [4.78, 5) is 0. The predicted octanol–water partition coefficient (Wildman–Crippen LogP) is 3.14. The van der Waals surface area contributed by atoms with E-state index in [0.29, 0.717) is 6.42 Å². The molecule has 0 spiro atoms. The van der Waals surface area contributed by atoms with E-state index in [0.717, 1.165) is 17.7 Å². The standard InChI is InChI=1S/C14H16FNO/c1-11(16-9-12-6-7-17-10-12)8-13-4-2-3-5-14(13)15/h2-7,10-11,16H,8-9H2,1H3. The smallest absolute Gasteiger partial charge is 0.126 e. The molecule has 0 aliphatic rings. The monoisotopic (exact) mass is 233 g/mol. The number of hydrogen-bond donors (Lipinski definition) is 1. The van der Waals surface area contributed by atoms with Crippen LogP contribution in [-0.2, 0) is 13.0 Å². The normalized spacial score (nSPS) is 12.6. The first-order valence-corrected chi connectivity index (χ1v) is 5.73. The maximum Gasteiger partial charge on any atom is 0.126 e. The van der Waals surface area contributed by atoms with E-state index in [1.165, 1.54) is 6.07 Å². The van der Waals surface area contributed by atoms with E-state index in [1.807, 2.05) is 25.1 Å². The summed E-state index contributed by atoms with van der Waals surface area (Å²) >= 11 is 0. The van der Waals surface area contributed by atoms with Crippen LogP contribution in [0.5, 0.6) is 0 Å². The zero-order valence-electron chi connectivity index (χ0n) is 9.82. The third-order valence-electron chi connectivity index (χ3n) is 2.72. The van der Waals surface area contributed by atoms with Crippen molar-refractivity contribution in [1.82, 2.24) is 5.32 Å². The van der Waals surface area contributed by atoms with Gasteiger partial charge in [-0.1, -0.05) is 18.2 Å². The molecule has 3 heteroatoms. The Hall–Kier alpha value is -1.61. The molecule has 0 saturated carbocycles. The van der Waals surface area contributed by atoms with E-state index >= 15 is 0 Å². The van der Waals surface area contributed by atoms with E-state index < -0.39 is 0 Å². The summed E-state index contributed by atoms with van der Waals surface area (Å²) in [5.74, 6) is -0.135. The second-order valence-corrected chi connectivity index (χ2v) is 4.21. The van der Waals surface area contributed by atoms with Crippen LogP contribution in [-0.4, -0.2) is 6.04 Å². The number of hydrogen-bond acceptors (Lipinski definition) is 2. The van der Waals surface area contributed by atoms with Crippen LogP contribution in [0.3, 0.4) is 0 Å². The lowest BCUT2D eigenvalue weighted by Gasteiger charge is -2.13. The van der Waals surface area contributed by atoms with Gasteiger partial charge in [0.15, 0.2) is 0 Å². The van der Waals surface area contributed by atoms with Crippen molar-refractivity contribution < 1.29 is 8.81 Å². The maximum atomic E-state index is 13.4. The average molecular weight is 233 g/mol. The number of furan rings is 1. The van der Waals surface area contributed by atoms with Crippen molar-refractivity contribution in [3.63, 3.8) is 0 Å². The third kappa shape index (κ3) is 3.43. The molecule has 17 heavy (non-hydrogen) atoms. The van der Waals surface area contributed by atoms with Crippen LogP contribution in [0, 0.1) is 5.82 Å². The van der Waals surface area contributed by atoms with E-state index in [9.17, 15) is 4.39 Å². The zero-order chi connectivity index (χ0) is 12.1. The molecule has 1 aromatic heterocycles. The van der Waals surface area contributed by atoms with E-state index in [4.69, 9.17) is 4.42 Å². The molecule has 0 aliphatic heterocycles. The van der Waals surface area contributed by atoms with Gasteiger partial charge in [-0.3, -0.25) is 0 Å². The Morgan fingerprint density at radius 2 is 2.12 bits per heavy atom. The average Bonchev–Trinajstić information content (AvgIpc) is 2.82. The van der Waals surface area contributed by atoms with Crippen LogP contribution in [0.15, 0.2) is 47.3 Å². The Kier molecular flexibility index (Phi) is 3.94. The van der Waals surface area contributed by atoms with E-state index in [2.05, 4.69) is 5.32 Å². The van der Waals surface area contributed by atoms with Crippen molar-refractivity contribution in [3.8, 4) is 0 Å². The molecular weight excluding hydrogens is 217 g/mol. The van der Waals surface area contributed by atoms with Crippen LogP contribution in [0.1, 0.15) is 18.1 Å². The van der Waals surface area contributed by atoms with E-state index in [1.54, 1.807) is 18.6 Å². The molecule has 1 atom stereocenters. The molecular formula is C14H16FNO. The van der Waals surface area contributed by atoms with Gasteiger partial charge >= 0.3 is 0 Å². The summed E-state index contributed by atoms with van der Waals surface area (Å²) < 4.78 is 18.4. The maximum absolute atomic E-state index is 13.4. The minimum Gasteiger partial charge on any atom is -0.472 e. The highest BCUT2D eigenvalue weighted by atomic mass is 19.1. The first-order valence-electron chi connectivity index (χ1n) is 5.73. The predicted molar refractivity (Wildman–Crippen MR) is 65.1 cm³/mol. The Bertz CT molecular complexity index is 453. The fraction of sp³-hybridized carbons (Fsp3) is 0.286. The van der Waals surface area contributed by atoms with Gasteiger partial charge in [-0.2, -0.15) is 0 Å². The van der Waals surface area contributed by atoms with Crippen molar-refractivity contribution in [2.24, 2.45) is 0 Å². The molecule has 2 aromatic rings. The lowest BCUT2D eigenvalue weighted by atomic mass is 10.1. The van der Waals surface area contributed by atoms with Gasteiger partial charge in [-0.05, 0) is 31.0 Å².